The van der Waals surface area contributed by atoms with Crippen molar-refractivity contribution in [1.82, 2.24) is 14.9 Å². The molecule has 0 atom stereocenters. The average molecular weight is 434 g/mol. The quantitative estimate of drug-likeness (QED) is 0.477. The van der Waals surface area contributed by atoms with Gasteiger partial charge in [-0.05, 0) is 48.7 Å². The van der Waals surface area contributed by atoms with Crippen LogP contribution >= 0.6 is 0 Å². The number of fused-ring (bicyclic) bond motifs is 4. The molecule has 2 aliphatic heterocycles. The number of hydrogen-bond acceptors (Lipinski definition) is 6. The number of piperazine rings is 1. The van der Waals surface area contributed by atoms with E-state index in [0.717, 1.165) is 60.5 Å². The lowest BCUT2D eigenvalue weighted by Crippen LogP contribution is -2.43. The molecule has 1 fully saturated rings. The summed E-state index contributed by atoms with van der Waals surface area (Å²) in [6.45, 7) is 8.05. The van der Waals surface area contributed by atoms with Crippen LogP contribution in [0, 0.1) is 6.92 Å². The molecule has 1 aromatic carbocycles. The van der Waals surface area contributed by atoms with E-state index in [0.29, 0.717) is 17.7 Å². The Morgan fingerprint density at radius 2 is 2.00 bits per heavy atom. The van der Waals surface area contributed by atoms with Crippen LogP contribution in [0.4, 0.5) is 10.5 Å². The maximum absolute atomic E-state index is 13.2. The highest BCUT2D eigenvalue weighted by atomic mass is 16.7. The number of rotatable bonds is 4. The number of carbonyl (C=O) groups is 1. The second kappa shape index (κ2) is 7.94. The van der Waals surface area contributed by atoms with Crippen molar-refractivity contribution < 1.29 is 14.6 Å². The summed E-state index contributed by atoms with van der Waals surface area (Å²) < 4.78 is 6.38. The van der Waals surface area contributed by atoms with Crippen LogP contribution in [0.2, 0.25) is 0 Å². The molecule has 4 heterocycles. The molecule has 0 saturated carbocycles. The summed E-state index contributed by atoms with van der Waals surface area (Å²) in [5.41, 5.74) is 6.91. The van der Waals surface area contributed by atoms with E-state index in [1.807, 2.05) is 13.0 Å². The molecule has 8 heteroatoms. The molecule has 0 aliphatic carbocycles. The molecular weight excluding hydrogens is 408 g/mol. The van der Waals surface area contributed by atoms with Crippen LogP contribution in [0.3, 0.4) is 0 Å². The van der Waals surface area contributed by atoms with Crippen LogP contribution in [-0.2, 0) is 24.3 Å². The summed E-state index contributed by atoms with van der Waals surface area (Å²) in [6.07, 6.45) is -0.553. The molecule has 0 unspecified atom stereocenters. The first-order valence-electron chi connectivity index (χ1n) is 11.0. The summed E-state index contributed by atoms with van der Waals surface area (Å²) in [6, 6.07) is 8.36. The van der Waals surface area contributed by atoms with E-state index < -0.39 is 6.16 Å². The SMILES string of the molecule is CCc1c2c(nc3ccc(N4CCNCC4)cc13)-c1cc(C)c(COC(=O)O)c(=O)n1C2. The van der Waals surface area contributed by atoms with Crippen LogP contribution in [0.25, 0.3) is 22.3 Å². The maximum Gasteiger partial charge on any atom is 0.506 e. The molecule has 2 N–H and O–H groups in total. The first-order valence-corrected chi connectivity index (χ1v) is 11.0. The van der Waals surface area contributed by atoms with Gasteiger partial charge in [-0.3, -0.25) is 4.79 Å². The van der Waals surface area contributed by atoms with Crippen molar-refractivity contribution in [2.75, 3.05) is 31.1 Å². The zero-order valence-corrected chi connectivity index (χ0v) is 18.3. The molecule has 0 amide bonds. The van der Waals surface area contributed by atoms with Crippen LogP contribution in [0.1, 0.15) is 29.2 Å². The number of nitrogens with one attached hydrogen (secondary N) is 1. The summed E-state index contributed by atoms with van der Waals surface area (Å²) in [5, 5.41) is 13.4. The molecule has 1 saturated heterocycles. The van der Waals surface area contributed by atoms with E-state index in [4.69, 9.17) is 10.1 Å². The van der Waals surface area contributed by atoms with Crippen LogP contribution in [0.15, 0.2) is 29.1 Å². The molecule has 2 aliphatic rings. The third kappa shape index (κ3) is 3.31. The van der Waals surface area contributed by atoms with Crippen molar-refractivity contribution in [3.05, 3.63) is 56.9 Å². The lowest BCUT2D eigenvalue weighted by molar-refractivity contribution is 0.0848. The number of pyridine rings is 2. The molecule has 32 heavy (non-hydrogen) atoms. The Balaban J connectivity index is 1.62. The van der Waals surface area contributed by atoms with Gasteiger partial charge in [-0.2, -0.15) is 0 Å². The van der Waals surface area contributed by atoms with Gasteiger partial charge in [0.2, 0.25) is 0 Å². The van der Waals surface area contributed by atoms with Gasteiger partial charge in [0.15, 0.2) is 0 Å². The third-order valence-electron chi connectivity index (χ3n) is 6.55. The van der Waals surface area contributed by atoms with Crippen molar-refractivity contribution in [3.63, 3.8) is 0 Å². The minimum absolute atomic E-state index is 0.216. The Morgan fingerprint density at radius 1 is 1.22 bits per heavy atom. The van der Waals surface area contributed by atoms with E-state index in [2.05, 4.69) is 40.1 Å². The Labute approximate surface area is 185 Å². The lowest BCUT2D eigenvalue weighted by Gasteiger charge is -2.29. The Kier molecular flexibility index (Phi) is 5.09. The van der Waals surface area contributed by atoms with E-state index in [1.165, 1.54) is 11.3 Å². The number of hydrogen-bond donors (Lipinski definition) is 2. The van der Waals surface area contributed by atoms with E-state index >= 15 is 0 Å². The summed E-state index contributed by atoms with van der Waals surface area (Å²) in [5.74, 6) is 0. The highest BCUT2D eigenvalue weighted by molar-refractivity contribution is 5.90. The molecule has 8 nitrogen and oxygen atoms in total. The van der Waals surface area contributed by atoms with Gasteiger partial charge < -0.3 is 24.6 Å². The topological polar surface area (TPSA) is 96.7 Å². The number of anilines is 1. The second-order valence-electron chi connectivity index (χ2n) is 8.35. The zero-order chi connectivity index (χ0) is 22.4. The highest BCUT2D eigenvalue weighted by Crippen LogP contribution is 2.37. The van der Waals surface area contributed by atoms with Crippen molar-refractivity contribution in [3.8, 4) is 11.4 Å². The van der Waals surface area contributed by atoms with E-state index in [9.17, 15) is 9.59 Å². The van der Waals surface area contributed by atoms with Crippen LogP contribution in [0.5, 0.6) is 0 Å². The van der Waals surface area contributed by atoms with Crippen molar-refractivity contribution in [2.45, 2.75) is 33.4 Å². The number of carboxylic acid groups (broad SMARTS) is 1. The minimum atomic E-state index is -1.39. The number of ether oxygens (including phenoxy) is 1. The molecule has 0 bridgehead atoms. The Bertz CT molecular complexity index is 1290. The number of benzene rings is 1. The van der Waals surface area contributed by atoms with Crippen LogP contribution in [-0.4, -0.2) is 47.0 Å². The largest absolute Gasteiger partial charge is 0.506 e. The van der Waals surface area contributed by atoms with Gasteiger partial charge in [-0.1, -0.05) is 6.92 Å². The molecule has 5 rings (SSSR count). The van der Waals surface area contributed by atoms with Gasteiger partial charge in [-0.15, -0.1) is 0 Å². The summed E-state index contributed by atoms with van der Waals surface area (Å²) in [4.78, 5) is 31.3. The lowest BCUT2D eigenvalue weighted by atomic mass is 9.98. The predicted octanol–water partition coefficient (Wildman–Crippen LogP) is 2.90. The molecule has 3 aromatic rings. The first kappa shape index (κ1) is 20.5. The van der Waals surface area contributed by atoms with Gasteiger partial charge >= 0.3 is 6.16 Å². The zero-order valence-electron chi connectivity index (χ0n) is 18.3. The maximum atomic E-state index is 13.2. The van der Waals surface area contributed by atoms with Gasteiger partial charge in [0.25, 0.3) is 5.56 Å². The first-order chi connectivity index (χ1) is 15.5. The molecule has 0 radical (unpaired) electrons. The normalized spacial score (nSPS) is 15.0. The second-order valence-corrected chi connectivity index (χ2v) is 8.35. The van der Waals surface area contributed by atoms with Crippen molar-refractivity contribution >= 4 is 22.7 Å². The van der Waals surface area contributed by atoms with Gasteiger partial charge in [0, 0.05) is 42.8 Å². The van der Waals surface area contributed by atoms with E-state index in [1.54, 1.807) is 4.57 Å². The average Bonchev–Trinajstić information content (AvgIpc) is 3.15. The monoisotopic (exact) mass is 434 g/mol. The minimum Gasteiger partial charge on any atom is -0.450 e. The molecular formula is C24H26N4O4. The van der Waals surface area contributed by atoms with Gasteiger partial charge in [-0.25, -0.2) is 9.78 Å². The fourth-order valence-electron chi connectivity index (χ4n) is 4.89. The standard InChI is InChI=1S/C24H26N4O4/c1-3-16-17-11-15(27-8-6-25-7-9-27)4-5-20(17)26-22-18(16)12-28-21(22)10-14(2)19(23(28)29)13-32-24(30)31/h4-5,10-11,25H,3,6-9,12-13H2,1-2H3,(H,30,31). The highest BCUT2D eigenvalue weighted by Gasteiger charge is 2.27. The molecule has 2 aromatic heterocycles. The van der Waals surface area contributed by atoms with Crippen molar-refractivity contribution in [1.29, 1.82) is 0 Å². The number of aromatic nitrogens is 2. The van der Waals surface area contributed by atoms with Gasteiger partial charge in [0.1, 0.15) is 6.61 Å². The smallest absolute Gasteiger partial charge is 0.450 e. The predicted molar refractivity (Wildman–Crippen MR) is 123 cm³/mol. The molecule has 166 valence electrons. The van der Waals surface area contributed by atoms with Crippen molar-refractivity contribution in [2.24, 2.45) is 0 Å². The Morgan fingerprint density at radius 3 is 2.72 bits per heavy atom. The Hall–Kier alpha value is -3.39. The summed E-state index contributed by atoms with van der Waals surface area (Å²) >= 11 is 0. The fraction of sp³-hybridized carbons (Fsp3) is 0.375. The van der Waals surface area contributed by atoms with Crippen LogP contribution < -0.4 is 15.8 Å². The van der Waals surface area contributed by atoms with Gasteiger partial charge in [0.05, 0.1) is 29.0 Å². The van der Waals surface area contributed by atoms with E-state index in [-0.39, 0.29) is 12.2 Å². The summed E-state index contributed by atoms with van der Waals surface area (Å²) in [7, 11) is 0. The number of aryl methyl sites for hydroxylation is 2. The number of nitrogens with zero attached hydrogens (tertiary/aromatic N) is 3. The fourth-order valence-corrected chi connectivity index (χ4v) is 4.89. The molecule has 0 spiro atoms. The third-order valence-corrected chi connectivity index (χ3v) is 6.55.